The minimum atomic E-state index is -0.448. The zero-order valence-corrected chi connectivity index (χ0v) is 15.6. The molecule has 6 nitrogen and oxygen atoms in total. The van der Waals surface area contributed by atoms with Gasteiger partial charge in [0.15, 0.2) is 0 Å². The van der Waals surface area contributed by atoms with Crippen molar-refractivity contribution in [2.45, 2.75) is 32.8 Å². The van der Waals surface area contributed by atoms with Crippen LogP contribution in [0, 0.1) is 17.8 Å². The molecular formula is C20H27N3O3. The summed E-state index contributed by atoms with van der Waals surface area (Å²) >= 11 is 0. The van der Waals surface area contributed by atoms with E-state index in [1.54, 1.807) is 18.5 Å². The summed E-state index contributed by atoms with van der Waals surface area (Å²) < 4.78 is 5.42. The van der Waals surface area contributed by atoms with E-state index in [9.17, 15) is 9.59 Å². The highest BCUT2D eigenvalue weighted by Gasteiger charge is 2.56. The van der Waals surface area contributed by atoms with Crippen molar-refractivity contribution in [3.63, 3.8) is 0 Å². The molecule has 140 valence electrons. The molecular weight excluding hydrogens is 330 g/mol. The van der Waals surface area contributed by atoms with Gasteiger partial charge in [0.25, 0.3) is 0 Å². The molecule has 26 heavy (non-hydrogen) atoms. The summed E-state index contributed by atoms with van der Waals surface area (Å²) in [6, 6.07) is 3.74. The van der Waals surface area contributed by atoms with Gasteiger partial charge in [0, 0.05) is 38.1 Å². The number of ether oxygens (including phenoxy) is 1. The van der Waals surface area contributed by atoms with Crippen LogP contribution in [0.4, 0.5) is 4.79 Å². The van der Waals surface area contributed by atoms with Gasteiger partial charge < -0.3 is 15.0 Å². The topological polar surface area (TPSA) is 71.5 Å². The highest BCUT2D eigenvalue weighted by molar-refractivity contribution is 5.91. The normalized spacial score (nSPS) is 24.4. The van der Waals surface area contributed by atoms with Crippen LogP contribution in [0.25, 0.3) is 6.08 Å². The Morgan fingerprint density at radius 2 is 2.08 bits per heavy atom. The summed E-state index contributed by atoms with van der Waals surface area (Å²) in [4.78, 5) is 29.7. The van der Waals surface area contributed by atoms with Crippen molar-refractivity contribution in [2.24, 2.45) is 17.8 Å². The number of hydrogen-bond donors (Lipinski definition) is 1. The van der Waals surface area contributed by atoms with Crippen molar-refractivity contribution in [1.29, 1.82) is 0 Å². The Bertz CT molecular complexity index is 669. The van der Waals surface area contributed by atoms with E-state index in [1.165, 1.54) is 6.08 Å². The lowest BCUT2D eigenvalue weighted by molar-refractivity contribution is -0.116. The second-order valence-electron chi connectivity index (χ2n) is 8.08. The van der Waals surface area contributed by atoms with Gasteiger partial charge in [0.2, 0.25) is 5.91 Å². The standard InChI is InChI=1S/C20H27N3O3/c1-20(2,3)26-19(25)23-12-16-15(17(16)13-23)8-10-22-18(24)7-6-14-5-4-9-21-11-14/h4-7,9,11,15-17H,8,10,12-13H2,1-3H3,(H,22,24)/b7-6+/t15-,16-,17+. The summed E-state index contributed by atoms with van der Waals surface area (Å²) in [5.74, 6) is 1.64. The predicted molar refractivity (Wildman–Crippen MR) is 99.2 cm³/mol. The molecule has 0 radical (unpaired) electrons. The Balaban J connectivity index is 1.33. The Morgan fingerprint density at radius 1 is 1.35 bits per heavy atom. The van der Waals surface area contributed by atoms with Gasteiger partial charge in [-0.1, -0.05) is 6.07 Å². The van der Waals surface area contributed by atoms with E-state index < -0.39 is 5.60 Å². The summed E-state index contributed by atoms with van der Waals surface area (Å²) in [6.07, 6.45) is 7.46. The Kier molecular flexibility index (Phi) is 5.30. The molecule has 1 saturated heterocycles. The van der Waals surface area contributed by atoms with Crippen LogP contribution in [0.15, 0.2) is 30.6 Å². The number of hydrogen-bond acceptors (Lipinski definition) is 4. The van der Waals surface area contributed by atoms with Crippen molar-refractivity contribution in [3.05, 3.63) is 36.2 Å². The number of nitrogens with zero attached hydrogens (tertiary/aromatic N) is 2. The monoisotopic (exact) mass is 357 g/mol. The van der Waals surface area contributed by atoms with Gasteiger partial charge in [-0.2, -0.15) is 0 Å². The third kappa shape index (κ3) is 4.84. The number of nitrogens with one attached hydrogen (secondary N) is 1. The number of amides is 2. The van der Waals surface area contributed by atoms with Gasteiger partial charge in [-0.05, 0) is 62.7 Å². The van der Waals surface area contributed by atoms with Crippen LogP contribution in [-0.2, 0) is 9.53 Å². The number of likely N-dealkylation sites (tertiary alicyclic amines) is 1. The highest BCUT2D eigenvalue weighted by Crippen LogP contribution is 2.53. The van der Waals surface area contributed by atoms with E-state index in [2.05, 4.69) is 10.3 Å². The largest absolute Gasteiger partial charge is 0.444 e. The Hall–Kier alpha value is -2.37. The Morgan fingerprint density at radius 3 is 2.69 bits per heavy atom. The van der Waals surface area contributed by atoms with Gasteiger partial charge in [-0.3, -0.25) is 9.78 Å². The maximum absolute atomic E-state index is 12.1. The van der Waals surface area contributed by atoms with Crippen LogP contribution < -0.4 is 5.32 Å². The van der Waals surface area contributed by atoms with Gasteiger partial charge in [-0.25, -0.2) is 4.79 Å². The molecule has 2 amide bonds. The number of carbonyl (C=O) groups excluding carboxylic acids is 2. The van der Waals surface area contributed by atoms with E-state index in [0.717, 1.165) is 25.1 Å². The maximum Gasteiger partial charge on any atom is 0.410 e. The summed E-state index contributed by atoms with van der Waals surface area (Å²) in [5.41, 5.74) is 0.457. The molecule has 1 aromatic rings. The zero-order valence-electron chi connectivity index (χ0n) is 15.6. The van der Waals surface area contributed by atoms with Crippen molar-refractivity contribution in [3.8, 4) is 0 Å². The first kappa shape index (κ1) is 18.4. The quantitative estimate of drug-likeness (QED) is 0.823. The van der Waals surface area contributed by atoms with Crippen LogP contribution in [0.2, 0.25) is 0 Å². The molecule has 3 atom stereocenters. The lowest BCUT2D eigenvalue weighted by Gasteiger charge is -2.25. The first-order valence-electron chi connectivity index (χ1n) is 9.17. The van der Waals surface area contributed by atoms with Gasteiger partial charge in [-0.15, -0.1) is 0 Å². The molecule has 1 aliphatic heterocycles. The van der Waals surface area contributed by atoms with Gasteiger partial charge in [0.05, 0.1) is 0 Å². The van der Waals surface area contributed by atoms with Crippen molar-refractivity contribution >= 4 is 18.1 Å². The molecule has 2 aliphatic rings. The predicted octanol–water partition coefficient (Wildman–Crippen LogP) is 2.71. The van der Waals surface area contributed by atoms with E-state index in [4.69, 9.17) is 4.74 Å². The first-order chi connectivity index (χ1) is 12.3. The number of piperidine rings is 1. The molecule has 6 heteroatoms. The molecule has 1 aliphatic carbocycles. The van der Waals surface area contributed by atoms with Crippen LogP contribution in [0.1, 0.15) is 32.8 Å². The molecule has 0 unspecified atom stereocenters. The molecule has 0 bridgehead atoms. The lowest BCUT2D eigenvalue weighted by atomic mass is 10.2. The number of carbonyl (C=O) groups is 2. The molecule has 3 rings (SSSR count). The lowest BCUT2D eigenvalue weighted by Crippen LogP contribution is -2.37. The van der Waals surface area contributed by atoms with Crippen LogP contribution in [0.5, 0.6) is 0 Å². The number of fused-ring (bicyclic) bond motifs is 1. The summed E-state index contributed by atoms with van der Waals surface area (Å²) in [7, 11) is 0. The fourth-order valence-electron chi connectivity index (χ4n) is 3.62. The SMILES string of the molecule is CC(C)(C)OC(=O)N1C[C@@H]2[C@@H](CCNC(=O)/C=C/c3cccnc3)[C@@H]2C1. The fraction of sp³-hybridized carbons (Fsp3) is 0.550. The molecule has 0 aromatic carbocycles. The summed E-state index contributed by atoms with van der Waals surface area (Å²) in [5, 5.41) is 2.93. The fourth-order valence-corrected chi connectivity index (χ4v) is 3.62. The Labute approximate surface area is 154 Å². The van der Waals surface area contributed by atoms with Crippen LogP contribution in [-0.4, -0.2) is 47.1 Å². The minimum absolute atomic E-state index is 0.0879. The van der Waals surface area contributed by atoms with Crippen molar-refractivity contribution in [2.75, 3.05) is 19.6 Å². The molecule has 1 saturated carbocycles. The number of rotatable bonds is 5. The highest BCUT2D eigenvalue weighted by atomic mass is 16.6. The molecule has 0 spiro atoms. The van der Waals surface area contributed by atoms with E-state index in [0.29, 0.717) is 24.3 Å². The zero-order chi connectivity index (χ0) is 18.7. The minimum Gasteiger partial charge on any atom is -0.444 e. The molecule has 2 fully saturated rings. The van der Waals surface area contributed by atoms with Gasteiger partial charge >= 0.3 is 6.09 Å². The second kappa shape index (κ2) is 7.48. The molecule has 1 aromatic heterocycles. The average molecular weight is 357 g/mol. The van der Waals surface area contributed by atoms with Crippen molar-refractivity contribution in [1.82, 2.24) is 15.2 Å². The molecule has 1 N–H and O–H groups in total. The van der Waals surface area contributed by atoms with Crippen LogP contribution in [0.3, 0.4) is 0 Å². The van der Waals surface area contributed by atoms with Crippen LogP contribution >= 0.6 is 0 Å². The third-order valence-electron chi connectivity index (χ3n) is 4.91. The number of pyridine rings is 1. The van der Waals surface area contributed by atoms with E-state index in [1.807, 2.05) is 37.8 Å². The van der Waals surface area contributed by atoms with Gasteiger partial charge in [0.1, 0.15) is 5.60 Å². The van der Waals surface area contributed by atoms with E-state index in [-0.39, 0.29) is 12.0 Å². The smallest absolute Gasteiger partial charge is 0.410 e. The third-order valence-corrected chi connectivity index (χ3v) is 4.91. The molecule has 2 heterocycles. The second-order valence-corrected chi connectivity index (χ2v) is 8.08. The average Bonchev–Trinajstić information content (AvgIpc) is 3.02. The summed E-state index contributed by atoms with van der Waals surface area (Å²) in [6.45, 7) is 7.88. The maximum atomic E-state index is 12.1. The van der Waals surface area contributed by atoms with E-state index >= 15 is 0 Å². The number of aromatic nitrogens is 1. The van der Waals surface area contributed by atoms with Crippen molar-refractivity contribution < 1.29 is 14.3 Å². The first-order valence-corrected chi connectivity index (χ1v) is 9.17.